The first-order chi connectivity index (χ1) is 33.1. The predicted molar refractivity (Wildman–Crippen MR) is 278 cm³/mol. The molecule has 0 bridgehead atoms. The van der Waals surface area contributed by atoms with Crippen LogP contribution in [0.1, 0.15) is 130 Å². The van der Waals surface area contributed by atoms with E-state index in [1.54, 1.807) is 0 Å². The van der Waals surface area contributed by atoms with Crippen molar-refractivity contribution in [1.29, 1.82) is 0 Å². The second-order valence-electron chi connectivity index (χ2n) is 20.6. The van der Waals surface area contributed by atoms with Gasteiger partial charge in [0.2, 0.25) is 0 Å². The highest BCUT2D eigenvalue weighted by Crippen LogP contribution is 2.28. The quantitative estimate of drug-likeness (QED) is 0.0849. The van der Waals surface area contributed by atoms with Crippen LogP contribution >= 0.6 is 0 Å². The third-order valence-electron chi connectivity index (χ3n) is 8.54. The molecule has 0 radical (unpaired) electrons. The fraction of sp³-hybridized carbons (Fsp3) is 0.500. The zero-order chi connectivity index (χ0) is 58.4. The van der Waals surface area contributed by atoms with Gasteiger partial charge in [0.1, 0.15) is 46.0 Å². The van der Waals surface area contributed by atoms with E-state index in [0.717, 1.165) is 0 Å². The van der Waals surface area contributed by atoms with Gasteiger partial charge in [-0.1, -0.05) is 0 Å². The third kappa shape index (κ3) is 42.1. The van der Waals surface area contributed by atoms with Crippen LogP contribution in [0.2, 0.25) is 0 Å². The summed E-state index contributed by atoms with van der Waals surface area (Å²) in [6.45, 7) is 25.5. The van der Waals surface area contributed by atoms with E-state index in [-0.39, 0.29) is 68.2 Å². The minimum absolute atomic E-state index is 0.0511. The van der Waals surface area contributed by atoms with Crippen LogP contribution in [0, 0.1) is 0 Å². The Balaban J connectivity index is 0. The Morgan fingerprint density at radius 1 is 0.311 bits per heavy atom. The number of phenolic OH excluding ortho intramolecular Hbond substituents is 8. The number of β-amino-alcohol motifs (C(OH)–C–C–N with tert-alkyl or cyclic N) is 4. The van der Waals surface area contributed by atoms with Crippen LogP contribution in [0.25, 0.3) is 0 Å². The van der Waals surface area contributed by atoms with E-state index in [0.29, 0.717) is 48.4 Å². The molecule has 0 spiro atoms. The average molecular weight is 1100 g/mol. The minimum Gasteiger partial charge on any atom is -0.508 e. The Labute approximate surface area is 433 Å². The van der Waals surface area contributed by atoms with E-state index in [9.17, 15) is 61.3 Å². The Hall–Kier alpha value is -5.30. The second kappa shape index (κ2) is 30.9. The largest absolute Gasteiger partial charge is 0.508 e. The number of benzene rings is 4. The summed E-state index contributed by atoms with van der Waals surface area (Å²) < 4.78 is 63.2. The number of aliphatic hydroxyl groups excluding tert-OH is 4. The molecule has 24 nitrogen and oxygen atoms in total. The van der Waals surface area contributed by atoms with E-state index in [2.05, 4.69) is 21.3 Å². The molecule has 4 unspecified atom stereocenters. The van der Waals surface area contributed by atoms with E-state index in [1.165, 1.54) is 72.8 Å². The zero-order valence-corrected chi connectivity index (χ0v) is 45.3. The van der Waals surface area contributed by atoms with Crippen molar-refractivity contribution >= 4 is 20.8 Å². The van der Waals surface area contributed by atoms with Crippen molar-refractivity contribution in [2.45, 2.75) is 130 Å². The van der Waals surface area contributed by atoms with Gasteiger partial charge in [0.25, 0.3) is 0 Å². The second-order valence-corrected chi connectivity index (χ2v) is 22.4. The Morgan fingerprint density at radius 3 is 0.514 bits per heavy atom. The van der Waals surface area contributed by atoms with E-state index >= 15 is 0 Å². The van der Waals surface area contributed by atoms with Gasteiger partial charge in [-0.05, 0) is 154 Å². The molecule has 74 heavy (non-hydrogen) atoms. The molecule has 0 aliphatic carbocycles. The smallest absolute Gasteiger partial charge is 0.394 e. The van der Waals surface area contributed by atoms with Crippen LogP contribution < -0.4 is 21.3 Å². The van der Waals surface area contributed by atoms with Gasteiger partial charge in [-0.15, -0.1) is 0 Å². The molecule has 424 valence electrons. The summed E-state index contributed by atoms with van der Waals surface area (Å²) in [4.78, 5) is 0. The fourth-order valence-corrected chi connectivity index (χ4v) is 5.32. The van der Waals surface area contributed by atoms with Gasteiger partial charge in [0, 0.05) is 72.6 Å². The van der Waals surface area contributed by atoms with E-state index < -0.39 is 45.2 Å². The van der Waals surface area contributed by atoms with Crippen molar-refractivity contribution < 1.29 is 96.3 Å². The molecule has 4 aromatic carbocycles. The van der Waals surface area contributed by atoms with Crippen LogP contribution in [-0.4, -0.2) is 145 Å². The Bertz CT molecular complexity index is 2090. The van der Waals surface area contributed by atoms with E-state index in [1.807, 2.05) is 83.1 Å². The van der Waals surface area contributed by atoms with Crippen LogP contribution in [0.4, 0.5) is 0 Å². The normalized spacial score (nSPS) is 13.5. The first-order valence-electron chi connectivity index (χ1n) is 22.3. The lowest BCUT2D eigenvalue weighted by molar-refractivity contribution is 0.162. The van der Waals surface area contributed by atoms with Gasteiger partial charge in [0.15, 0.2) is 0 Å². The highest BCUT2D eigenvalue weighted by atomic mass is 32.3. The number of phenols is 8. The lowest BCUT2D eigenvalue weighted by Gasteiger charge is -2.23. The molecular formula is C48H80N4O20S2. The lowest BCUT2D eigenvalue weighted by atomic mass is 10.1. The van der Waals surface area contributed by atoms with Gasteiger partial charge < -0.3 is 82.5 Å². The molecule has 0 saturated heterocycles. The fourth-order valence-electron chi connectivity index (χ4n) is 5.32. The molecule has 4 aromatic rings. The zero-order valence-electron chi connectivity index (χ0n) is 43.7. The number of hydrogen-bond donors (Lipinski definition) is 20. The monoisotopic (exact) mass is 1100 g/mol. The highest BCUT2D eigenvalue weighted by Gasteiger charge is 2.18. The van der Waals surface area contributed by atoms with Crippen molar-refractivity contribution in [2.24, 2.45) is 0 Å². The topological polar surface area (TPSA) is 440 Å². The molecule has 0 amide bonds. The first kappa shape index (κ1) is 70.8. The van der Waals surface area contributed by atoms with Gasteiger partial charge in [-0.2, -0.15) is 16.8 Å². The molecule has 4 rings (SSSR count). The number of hydrogen-bond acceptors (Lipinski definition) is 20. The maximum atomic E-state index is 9.85. The molecule has 0 aliphatic heterocycles. The van der Waals surface area contributed by atoms with Gasteiger partial charge in [-0.3, -0.25) is 18.2 Å². The molecule has 20 N–H and O–H groups in total. The van der Waals surface area contributed by atoms with Crippen molar-refractivity contribution in [3.63, 3.8) is 0 Å². The summed E-state index contributed by atoms with van der Waals surface area (Å²) >= 11 is 0. The predicted octanol–water partition coefficient (Wildman–Crippen LogP) is 4.77. The molecule has 0 heterocycles. The average Bonchev–Trinajstić information content (AvgIpc) is 3.17. The number of aliphatic hydroxyl groups is 4. The summed E-state index contributed by atoms with van der Waals surface area (Å²) in [6.07, 6.45) is -3.01. The van der Waals surface area contributed by atoms with Gasteiger partial charge >= 0.3 is 20.8 Å². The van der Waals surface area contributed by atoms with Crippen LogP contribution in [0.15, 0.2) is 72.8 Å². The molecule has 4 atom stereocenters. The summed E-state index contributed by atoms with van der Waals surface area (Å²) in [7, 11) is -9.33. The minimum atomic E-state index is -4.67. The van der Waals surface area contributed by atoms with Crippen LogP contribution in [0.3, 0.4) is 0 Å². The van der Waals surface area contributed by atoms with Crippen molar-refractivity contribution in [3.05, 3.63) is 95.1 Å². The number of rotatable bonds is 12. The number of aromatic hydroxyl groups is 8. The molecule has 0 aromatic heterocycles. The van der Waals surface area contributed by atoms with Crippen molar-refractivity contribution in [2.75, 3.05) is 26.2 Å². The summed E-state index contributed by atoms with van der Waals surface area (Å²) in [6, 6.07) is 16.4. The van der Waals surface area contributed by atoms with Crippen LogP contribution in [-0.2, 0) is 20.8 Å². The highest BCUT2D eigenvalue weighted by molar-refractivity contribution is 7.80. The maximum absolute atomic E-state index is 9.85. The molecule has 0 fully saturated rings. The lowest BCUT2D eigenvalue weighted by Crippen LogP contribution is -2.38. The van der Waals surface area contributed by atoms with Crippen LogP contribution in [0.5, 0.6) is 46.0 Å². The molecular weight excluding hydrogens is 1020 g/mol. The summed E-state index contributed by atoms with van der Waals surface area (Å²) in [5.41, 5.74) is 1.64. The van der Waals surface area contributed by atoms with E-state index in [4.69, 9.17) is 35.0 Å². The van der Waals surface area contributed by atoms with Gasteiger partial charge in [-0.25, -0.2) is 0 Å². The summed E-state index contributed by atoms with van der Waals surface area (Å²) in [5.74, 6) is -0.409. The van der Waals surface area contributed by atoms with Gasteiger partial charge in [0.05, 0.1) is 24.4 Å². The number of nitrogens with one attached hydrogen (secondary N) is 4. The third-order valence-corrected chi connectivity index (χ3v) is 8.54. The summed E-state index contributed by atoms with van der Waals surface area (Å²) in [5, 5.41) is 126. The standard InChI is InChI=1S/4C12H19NO3.2H2O4S/c4*1-12(2,3)13-7-11(16)8-4-9(14)6-10(15)5-8;2*1-5(2,3)4/h4*4-6,11,13-16H,7H2,1-3H3;2*(H2,1,2,3,4). The molecule has 26 heteroatoms. The van der Waals surface area contributed by atoms with Crippen molar-refractivity contribution in [3.8, 4) is 46.0 Å². The first-order valence-corrected chi connectivity index (χ1v) is 25.1. The SMILES string of the molecule is CC(C)(C)NCC(O)c1cc(O)cc(O)c1.CC(C)(C)NCC(O)c1cc(O)cc(O)c1.CC(C)(C)NCC(O)c1cc(O)cc(O)c1.CC(C)(C)NCC(O)c1cc(O)cc(O)c1.O=S(=O)(O)O.O=S(=O)(O)O. The molecule has 0 aliphatic rings. The maximum Gasteiger partial charge on any atom is 0.394 e. The van der Waals surface area contributed by atoms with Crippen molar-refractivity contribution in [1.82, 2.24) is 21.3 Å². The Kier molecular flexibility index (Phi) is 29.6. The Morgan fingerprint density at radius 2 is 0.419 bits per heavy atom. The molecule has 0 saturated carbocycles.